The number of rotatable bonds is 9. The normalized spacial score (nSPS) is 10.6. The Morgan fingerprint density at radius 1 is 1.24 bits per heavy atom. The highest BCUT2D eigenvalue weighted by Gasteiger charge is 2.12. The number of carbonyl (C=O) groups excluding carboxylic acids is 1. The van der Waals surface area contributed by atoms with Crippen LogP contribution in [-0.4, -0.2) is 44.8 Å². The standard InChI is InChI=1S/C19H22N6O3S/c1-4-13-5-7-14(8-6-13)21-18(26)11-28-16-9-15(20-10-17(16)27-3)12-29-19-22-23-24-25(19)2/h5-10H,4,11-12H2,1-3H3,(H,21,26). The van der Waals surface area contributed by atoms with Gasteiger partial charge in [-0.25, -0.2) is 4.68 Å². The van der Waals surface area contributed by atoms with Crippen LogP contribution in [0.25, 0.3) is 0 Å². The maximum absolute atomic E-state index is 12.2. The van der Waals surface area contributed by atoms with Crippen molar-refractivity contribution in [2.24, 2.45) is 7.05 Å². The van der Waals surface area contributed by atoms with Gasteiger partial charge in [0.2, 0.25) is 5.16 Å². The summed E-state index contributed by atoms with van der Waals surface area (Å²) in [6.07, 6.45) is 2.52. The molecule has 0 spiro atoms. The zero-order chi connectivity index (χ0) is 20.6. The zero-order valence-electron chi connectivity index (χ0n) is 16.5. The Morgan fingerprint density at radius 2 is 2.03 bits per heavy atom. The van der Waals surface area contributed by atoms with E-state index in [1.165, 1.54) is 24.4 Å². The fourth-order valence-electron chi connectivity index (χ4n) is 2.46. The molecular weight excluding hydrogens is 392 g/mol. The van der Waals surface area contributed by atoms with E-state index in [1.54, 1.807) is 24.0 Å². The van der Waals surface area contributed by atoms with E-state index >= 15 is 0 Å². The average molecular weight is 414 g/mol. The van der Waals surface area contributed by atoms with Gasteiger partial charge in [0, 0.05) is 24.6 Å². The number of amides is 1. The minimum atomic E-state index is -0.255. The van der Waals surface area contributed by atoms with Crippen molar-refractivity contribution in [2.45, 2.75) is 24.3 Å². The molecule has 0 aliphatic heterocycles. The molecule has 3 rings (SSSR count). The second-order valence-electron chi connectivity index (χ2n) is 6.09. The van der Waals surface area contributed by atoms with E-state index in [0.29, 0.717) is 22.4 Å². The number of pyridine rings is 1. The molecule has 152 valence electrons. The van der Waals surface area contributed by atoms with Crippen LogP contribution in [0.2, 0.25) is 0 Å². The Morgan fingerprint density at radius 3 is 2.69 bits per heavy atom. The van der Waals surface area contributed by atoms with Crippen LogP contribution in [0, 0.1) is 0 Å². The minimum Gasteiger partial charge on any atom is -0.491 e. The number of hydrogen-bond donors (Lipinski definition) is 1. The van der Waals surface area contributed by atoms with Gasteiger partial charge < -0.3 is 14.8 Å². The predicted octanol–water partition coefficient (Wildman–Crippen LogP) is 2.49. The Bertz CT molecular complexity index is 961. The van der Waals surface area contributed by atoms with Crippen molar-refractivity contribution in [3.63, 3.8) is 0 Å². The number of aryl methyl sites for hydroxylation is 2. The summed E-state index contributed by atoms with van der Waals surface area (Å²) in [6, 6.07) is 9.47. The molecule has 0 bridgehead atoms. The van der Waals surface area contributed by atoms with Gasteiger partial charge in [-0.15, -0.1) is 5.10 Å². The number of tetrazole rings is 1. The number of methoxy groups -OCH3 is 1. The molecule has 0 aliphatic rings. The van der Waals surface area contributed by atoms with Gasteiger partial charge in [0.15, 0.2) is 18.1 Å². The third-order valence-electron chi connectivity index (χ3n) is 4.04. The van der Waals surface area contributed by atoms with E-state index in [2.05, 4.69) is 32.7 Å². The Labute approximate surface area is 172 Å². The number of aromatic nitrogens is 5. The number of hydrogen-bond acceptors (Lipinski definition) is 8. The largest absolute Gasteiger partial charge is 0.491 e. The van der Waals surface area contributed by atoms with Crippen molar-refractivity contribution >= 4 is 23.4 Å². The quantitative estimate of drug-likeness (QED) is 0.533. The lowest BCUT2D eigenvalue weighted by Gasteiger charge is -2.12. The van der Waals surface area contributed by atoms with Gasteiger partial charge in [-0.1, -0.05) is 30.8 Å². The first kappa shape index (κ1) is 20.6. The third-order valence-corrected chi connectivity index (χ3v) is 5.09. The van der Waals surface area contributed by atoms with Crippen LogP contribution in [0.15, 0.2) is 41.7 Å². The van der Waals surface area contributed by atoms with E-state index in [-0.39, 0.29) is 12.5 Å². The van der Waals surface area contributed by atoms with Crippen LogP contribution in [-0.2, 0) is 24.0 Å². The molecule has 0 atom stereocenters. The molecule has 3 aromatic rings. The number of thioether (sulfide) groups is 1. The zero-order valence-corrected chi connectivity index (χ0v) is 17.3. The first-order chi connectivity index (χ1) is 14.1. The molecule has 1 amide bonds. The molecule has 1 aromatic carbocycles. The van der Waals surface area contributed by atoms with Crippen molar-refractivity contribution in [1.29, 1.82) is 0 Å². The van der Waals surface area contributed by atoms with Crippen LogP contribution in [0.1, 0.15) is 18.2 Å². The van der Waals surface area contributed by atoms with Gasteiger partial charge in [-0.3, -0.25) is 9.78 Å². The molecule has 0 fully saturated rings. The van der Waals surface area contributed by atoms with Crippen molar-refractivity contribution < 1.29 is 14.3 Å². The summed E-state index contributed by atoms with van der Waals surface area (Å²) < 4.78 is 12.5. The van der Waals surface area contributed by atoms with Crippen LogP contribution >= 0.6 is 11.8 Å². The summed E-state index contributed by atoms with van der Waals surface area (Å²) in [5.41, 5.74) is 2.69. The number of nitrogens with one attached hydrogen (secondary N) is 1. The van der Waals surface area contributed by atoms with E-state index in [0.717, 1.165) is 17.8 Å². The van der Waals surface area contributed by atoms with Crippen LogP contribution < -0.4 is 14.8 Å². The Hall–Kier alpha value is -3.14. The molecule has 9 nitrogen and oxygen atoms in total. The SMILES string of the molecule is CCc1ccc(NC(=O)COc2cc(CSc3nnnn3C)ncc2OC)cc1. The van der Waals surface area contributed by atoms with Gasteiger partial charge >= 0.3 is 0 Å². The molecule has 10 heteroatoms. The number of carbonyl (C=O) groups is 1. The highest BCUT2D eigenvalue weighted by atomic mass is 32.2. The minimum absolute atomic E-state index is 0.143. The summed E-state index contributed by atoms with van der Waals surface area (Å²) >= 11 is 1.45. The summed E-state index contributed by atoms with van der Waals surface area (Å²) in [4.78, 5) is 16.6. The molecule has 0 aliphatic carbocycles. The molecule has 0 unspecified atom stereocenters. The third kappa shape index (κ3) is 5.67. The van der Waals surface area contributed by atoms with Crippen LogP contribution in [0.5, 0.6) is 11.5 Å². The second-order valence-corrected chi connectivity index (χ2v) is 7.03. The fraction of sp³-hybridized carbons (Fsp3) is 0.316. The number of ether oxygens (including phenoxy) is 2. The second kappa shape index (κ2) is 9.87. The predicted molar refractivity (Wildman–Crippen MR) is 109 cm³/mol. The fourth-order valence-corrected chi connectivity index (χ4v) is 3.21. The maximum Gasteiger partial charge on any atom is 0.262 e. The molecule has 0 saturated carbocycles. The van der Waals surface area contributed by atoms with Crippen molar-refractivity contribution in [3.8, 4) is 11.5 Å². The molecular formula is C19H22N6O3S. The smallest absolute Gasteiger partial charge is 0.262 e. The van der Waals surface area contributed by atoms with E-state index in [9.17, 15) is 4.79 Å². The van der Waals surface area contributed by atoms with E-state index < -0.39 is 0 Å². The monoisotopic (exact) mass is 414 g/mol. The van der Waals surface area contributed by atoms with Crippen molar-refractivity contribution in [1.82, 2.24) is 25.2 Å². The Balaban J connectivity index is 1.59. The summed E-state index contributed by atoms with van der Waals surface area (Å²) in [7, 11) is 3.30. The number of nitrogens with zero attached hydrogens (tertiary/aromatic N) is 5. The average Bonchev–Trinajstić information content (AvgIpc) is 3.16. The molecule has 1 N–H and O–H groups in total. The summed E-state index contributed by atoms with van der Waals surface area (Å²) in [5, 5.41) is 14.8. The topological polar surface area (TPSA) is 104 Å². The summed E-state index contributed by atoms with van der Waals surface area (Å²) in [5.74, 6) is 1.20. The molecule has 0 radical (unpaired) electrons. The van der Waals surface area contributed by atoms with Gasteiger partial charge in [0.1, 0.15) is 0 Å². The molecule has 2 heterocycles. The van der Waals surface area contributed by atoms with E-state index in [1.807, 2.05) is 24.3 Å². The number of benzene rings is 1. The lowest BCUT2D eigenvalue weighted by molar-refractivity contribution is -0.118. The molecule has 0 saturated heterocycles. The van der Waals surface area contributed by atoms with Gasteiger partial charge in [-0.05, 0) is 34.5 Å². The van der Waals surface area contributed by atoms with Gasteiger partial charge in [0.05, 0.1) is 19.0 Å². The number of anilines is 1. The lowest BCUT2D eigenvalue weighted by Crippen LogP contribution is -2.20. The first-order valence-corrected chi connectivity index (χ1v) is 9.97. The first-order valence-electron chi connectivity index (χ1n) is 8.98. The highest BCUT2D eigenvalue weighted by molar-refractivity contribution is 7.98. The van der Waals surface area contributed by atoms with Crippen molar-refractivity contribution in [2.75, 3.05) is 19.0 Å². The highest BCUT2D eigenvalue weighted by Crippen LogP contribution is 2.29. The Kier molecular flexibility index (Phi) is 7.01. The van der Waals surface area contributed by atoms with Crippen LogP contribution in [0.3, 0.4) is 0 Å². The van der Waals surface area contributed by atoms with Crippen molar-refractivity contribution in [3.05, 3.63) is 47.8 Å². The lowest BCUT2D eigenvalue weighted by atomic mass is 10.1. The van der Waals surface area contributed by atoms with Gasteiger partial charge in [0.25, 0.3) is 5.91 Å². The van der Waals surface area contributed by atoms with Gasteiger partial charge in [-0.2, -0.15) is 0 Å². The molecule has 29 heavy (non-hydrogen) atoms. The molecule has 2 aromatic heterocycles. The van der Waals surface area contributed by atoms with Crippen LogP contribution in [0.4, 0.5) is 5.69 Å². The summed E-state index contributed by atoms with van der Waals surface area (Å²) in [6.45, 7) is 1.94. The maximum atomic E-state index is 12.2. The van der Waals surface area contributed by atoms with E-state index in [4.69, 9.17) is 9.47 Å².